The Balaban J connectivity index is 3.71. The van der Waals surface area contributed by atoms with E-state index in [0.29, 0.717) is 24.2 Å². The fourth-order valence-corrected chi connectivity index (χ4v) is 3.12. The lowest BCUT2D eigenvalue weighted by Gasteiger charge is -2.05. The Morgan fingerprint density at radius 2 is 1.74 bits per heavy atom. The highest BCUT2D eigenvalue weighted by molar-refractivity contribution is 7.89. The average molecular weight is 289 g/mol. The summed E-state index contributed by atoms with van der Waals surface area (Å²) in [7, 11) is -4.05. The maximum atomic E-state index is 12.0. The number of sulfonamides is 1. The first-order chi connectivity index (χ1) is 8.79. The van der Waals surface area contributed by atoms with Crippen LogP contribution in [-0.2, 0) is 27.6 Å². The lowest BCUT2D eigenvalue weighted by Crippen LogP contribution is -2.19. The molecule has 0 radical (unpaired) electrons. The van der Waals surface area contributed by atoms with Gasteiger partial charge < -0.3 is 10.6 Å². The minimum absolute atomic E-state index is 0.0498. The van der Waals surface area contributed by atoms with Crippen LogP contribution in [0.15, 0.2) is 4.90 Å². The number of rotatable bonds is 5. The summed E-state index contributed by atoms with van der Waals surface area (Å²) in [4.78, 5) is 11.7. The van der Waals surface area contributed by atoms with Gasteiger partial charge in [0.15, 0.2) is 0 Å². The Hall–Kier alpha value is -1.54. The molecule has 0 fully saturated rings. The van der Waals surface area contributed by atoms with Crippen molar-refractivity contribution in [2.24, 2.45) is 5.14 Å². The number of hydrogen-bond acceptors (Lipinski definition) is 5. The first kappa shape index (κ1) is 15.5. The molecule has 0 saturated carbocycles. The molecule has 1 rings (SSSR count). The van der Waals surface area contributed by atoms with Crippen LogP contribution in [0.4, 0.5) is 0 Å². The number of ether oxygens (including phenoxy) is 1. The number of nitrogen functional groups attached to an aromatic ring is 1. The number of carbonyl (C=O) groups excluding carboxylic acids is 1. The van der Waals surface area contributed by atoms with E-state index in [1.165, 1.54) is 4.68 Å². The molecule has 8 heteroatoms. The lowest BCUT2D eigenvalue weighted by molar-refractivity contribution is 0.0520. The topological polar surface area (TPSA) is 117 Å². The van der Waals surface area contributed by atoms with Gasteiger partial charge in [0.25, 0.3) is 0 Å². The zero-order valence-corrected chi connectivity index (χ0v) is 12.1. The first-order valence-corrected chi connectivity index (χ1v) is 7.55. The molecule has 1 aromatic rings. The van der Waals surface area contributed by atoms with Crippen molar-refractivity contribution in [2.75, 3.05) is 12.4 Å². The number of nitrogens with zero attached hydrogens (tertiary/aromatic N) is 1. The maximum absolute atomic E-state index is 12.0. The van der Waals surface area contributed by atoms with E-state index >= 15 is 0 Å². The van der Waals surface area contributed by atoms with Gasteiger partial charge >= 0.3 is 5.97 Å². The molecule has 0 aliphatic rings. The second kappa shape index (κ2) is 5.62. The SMILES string of the molecule is CCOC(=O)c1c(S(N)(=O)=O)c(CC)n(N)c1CC. The van der Waals surface area contributed by atoms with Crippen LogP contribution in [0, 0.1) is 0 Å². The van der Waals surface area contributed by atoms with E-state index in [-0.39, 0.29) is 17.1 Å². The lowest BCUT2D eigenvalue weighted by atomic mass is 10.2. The van der Waals surface area contributed by atoms with Gasteiger partial charge in [0.1, 0.15) is 10.5 Å². The van der Waals surface area contributed by atoms with Crippen molar-refractivity contribution < 1.29 is 17.9 Å². The van der Waals surface area contributed by atoms with E-state index in [0.717, 1.165) is 0 Å². The van der Waals surface area contributed by atoms with E-state index in [9.17, 15) is 13.2 Å². The molecule has 0 atom stereocenters. The van der Waals surface area contributed by atoms with Gasteiger partial charge in [-0.15, -0.1) is 0 Å². The first-order valence-electron chi connectivity index (χ1n) is 6.00. The quantitative estimate of drug-likeness (QED) is 0.591. The van der Waals surface area contributed by atoms with Gasteiger partial charge in [0.2, 0.25) is 10.0 Å². The van der Waals surface area contributed by atoms with Crippen LogP contribution in [0.25, 0.3) is 0 Å². The fraction of sp³-hybridized carbons (Fsp3) is 0.545. The molecule has 1 aromatic heterocycles. The molecular weight excluding hydrogens is 270 g/mol. The van der Waals surface area contributed by atoms with E-state index < -0.39 is 16.0 Å². The number of esters is 1. The number of carbonyl (C=O) groups is 1. The molecule has 0 aliphatic heterocycles. The summed E-state index contributed by atoms with van der Waals surface area (Å²) in [5.41, 5.74) is 0.660. The highest BCUT2D eigenvalue weighted by Crippen LogP contribution is 2.27. The zero-order valence-electron chi connectivity index (χ0n) is 11.3. The number of primary sulfonamides is 1. The summed E-state index contributed by atoms with van der Waals surface area (Å²) in [5, 5.41) is 5.20. The normalized spacial score (nSPS) is 11.6. The molecule has 0 aliphatic carbocycles. The Bertz CT molecular complexity index is 590. The molecule has 19 heavy (non-hydrogen) atoms. The average Bonchev–Trinajstić information content (AvgIpc) is 2.61. The van der Waals surface area contributed by atoms with Gasteiger partial charge in [0, 0.05) is 0 Å². The highest BCUT2D eigenvalue weighted by Gasteiger charge is 2.31. The van der Waals surface area contributed by atoms with Crippen molar-refractivity contribution in [1.29, 1.82) is 0 Å². The van der Waals surface area contributed by atoms with Gasteiger partial charge in [-0.05, 0) is 19.8 Å². The molecule has 0 unspecified atom stereocenters. The van der Waals surface area contributed by atoms with Gasteiger partial charge in [-0.1, -0.05) is 13.8 Å². The second-order valence-corrected chi connectivity index (χ2v) is 5.44. The Morgan fingerprint density at radius 1 is 1.21 bits per heavy atom. The molecule has 0 saturated heterocycles. The van der Waals surface area contributed by atoms with Crippen molar-refractivity contribution in [3.8, 4) is 0 Å². The van der Waals surface area contributed by atoms with Crippen molar-refractivity contribution >= 4 is 16.0 Å². The summed E-state index contributed by atoms with van der Waals surface area (Å²) in [6, 6.07) is 0. The van der Waals surface area contributed by atoms with Crippen LogP contribution < -0.4 is 11.0 Å². The number of hydrogen-bond donors (Lipinski definition) is 2. The predicted molar refractivity (Wildman–Crippen MR) is 70.7 cm³/mol. The summed E-state index contributed by atoms with van der Waals surface area (Å²) in [6.07, 6.45) is 0.738. The zero-order chi connectivity index (χ0) is 14.8. The van der Waals surface area contributed by atoms with E-state index in [1.54, 1.807) is 20.8 Å². The van der Waals surface area contributed by atoms with Gasteiger partial charge in [0.05, 0.1) is 18.0 Å². The molecule has 7 nitrogen and oxygen atoms in total. The molecule has 108 valence electrons. The maximum Gasteiger partial charge on any atom is 0.341 e. The van der Waals surface area contributed by atoms with Gasteiger partial charge in [-0.25, -0.2) is 18.4 Å². The third kappa shape index (κ3) is 2.74. The van der Waals surface area contributed by atoms with Gasteiger partial charge in [-0.2, -0.15) is 0 Å². The van der Waals surface area contributed by atoms with Crippen molar-refractivity contribution in [2.45, 2.75) is 38.5 Å². The largest absolute Gasteiger partial charge is 0.462 e. The van der Waals surface area contributed by atoms with Crippen LogP contribution in [-0.4, -0.2) is 25.7 Å². The monoisotopic (exact) mass is 289 g/mol. The summed E-state index contributed by atoms with van der Waals surface area (Å²) < 4.78 is 29.6. The summed E-state index contributed by atoms with van der Waals surface area (Å²) in [5.74, 6) is 5.13. The van der Waals surface area contributed by atoms with E-state index in [1.807, 2.05) is 0 Å². The number of nitrogens with two attached hydrogens (primary N) is 2. The molecule has 4 N–H and O–H groups in total. The number of aromatic nitrogens is 1. The second-order valence-electron chi connectivity index (χ2n) is 3.94. The Morgan fingerprint density at radius 3 is 2.11 bits per heavy atom. The molecule has 0 amide bonds. The minimum atomic E-state index is -4.05. The van der Waals surface area contributed by atoms with Crippen molar-refractivity contribution in [3.63, 3.8) is 0 Å². The fourth-order valence-electron chi connectivity index (χ4n) is 2.07. The molecule has 0 bridgehead atoms. The third-order valence-corrected chi connectivity index (χ3v) is 3.80. The highest BCUT2D eigenvalue weighted by atomic mass is 32.2. The third-order valence-electron chi connectivity index (χ3n) is 2.79. The Labute approximate surface area is 112 Å². The van der Waals surface area contributed by atoms with E-state index in [2.05, 4.69) is 0 Å². The van der Waals surface area contributed by atoms with Crippen LogP contribution in [0.3, 0.4) is 0 Å². The van der Waals surface area contributed by atoms with Crippen molar-refractivity contribution in [1.82, 2.24) is 4.68 Å². The smallest absolute Gasteiger partial charge is 0.341 e. The summed E-state index contributed by atoms with van der Waals surface area (Å²) in [6.45, 7) is 5.29. The van der Waals surface area contributed by atoms with E-state index in [4.69, 9.17) is 15.7 Å². The van der Waals surface area contributed by atoms with Gasteiger partial charge in [-0.3, -0.25) is 4.68 Å². The van der Waals surface area contributed by atoms with Crippen LogP contribution >= 0.6 is 0 Å². The predicted octanol–water partition coefficient (Wildman–Crippen LogP) is 0.151. The molecule has 0 aromatic carbocycles. The summed E-state index contributed by atoms with van der Waals surface area (Å²) >= 11 is 0. The molecular formula is C11H19N3O4S. The molecule has 0 spiro atoms. The minimum Gasteiger partial charge on any atom is -0.462 e. The van der Waals surface area contributed by atoms with Crippen LogP contribution in [0.2, 0.25) is 0 Å². The Kier molecular flexibility index (Phi) is 4.59. The molecule has 1 heterocycles. The van der Waals surface area contributed by atoms with Crippen LogP contribution in [0.5, 0.6) is 0 Å². The van der Waals surface area contributed by atoms with Crippen LogP contribution in [0.1, 0.15) is 42.5 Å². The van der Waals surface area contributed by atoms with Crippen molar-refractivity contribution in [3.05, 3.63) is 17.0 Å². The standard InChI is InChI=1S/C11H19N3O4S/c1-4-7-9(11(15)18-6-3)10(19(13,16)17)8(5-2)14(7)12/h4-6,12H2,1-3H3,(H2,13,16,17).